The number of likely N-dealkylation sites (tertiary alicyclic amines) is 1. The number of nitrogens with zero attached hydrogens (tertiary/aromatic N) is 2. The summed E-state index contributed by atoms with van der Waals surface area (Å²) < 4.78 is 6.03. The molecule has 3 aliphatic rings. The van der Waals surface area contributed by atoms with Crippen molar-refractivity contribution in [1.82, 2.24) is 20.5 Å². The lowest BCUT2D eigenvalue weighted by Gasteiger charge is -2.34. The summed E-state index contributed by atoms with van der Waals surface area (Å²) in [4.78, 5) is 34.6. The van der Waals surface area contributed by atoms with Crippen LogP contribution in [0, 0.1) is 6.92 Å². The zero-order valence-corrected chi connectivity index (χ0v) is 22.0. The molecular formula is C28H29N5O4S. The number of aromatic nitrogens is 1. The molecule has 0 aliphatic carbocycles. The Morgan fingerprint density at radius 1 is 1.13 bits per heavy atom. The Kier molecular flexibility index (Phi) is 6.30. The highest BCUT2D eigenvalue weighted by Crippen LogP contribution is 2.61. The van der Waals surface area contributed by atoms with E-state index >= 15 is 0 Å². The first kappa shape index (κ1) is 24.5. The van der Waals surface area contributed by atoms with Crippen molar-refractivity contribution >= 4 is 34.2 Å². The molecule has 3 amide bonds. The van der Waals surface area contributed by atoms with Gasteiger partial charge in [0.15, 0.2) is 0 Å². The minimum absolute atomic E-state index is 0.211. The number of amides is 3. The molecule has 4 N–H and O–H groups in total. The van der Waals surface area contributed by atoms with E-state index in [1.807, 2.05) is 67.4 Å². The van der Waals surface area contributed by atoms with Gasteiger partial charge in [0, 0.05) is 30.2 Å². The number of anilines is 1. The number of pyridine rings is 1. The van der Waals surface area contributed by atoms with Gasteiger partial charge in [-0.25, -0.2) is 4.79 Å². The van der Waals surface area contributed by atoms with Crippen LogP contribution in [0.25, 0.3) is 5.70 Å². The first-order valence-electron chi connectivity index (χ1n) is 12.5. The minimum atomic E-state index is -1.37. The van der Waals surface area contributed by atoms with E-state index < -0.39 is 17.0 Å². The second kappa shape index (κ2) is 9.79. The Labute approximate surface area is 223 Å². The number of carbonyl (C=O) groups excluding carboxylic acids is 2. The SMILES string of the molecule is Cc1cc(Oc2ccccc2)ccc1[SH]1C(C(=O)N[C@@H]2C[C@H](O)CN(C)C2)=C2NC(=O)Nc3ccnc1c32. The summed E-state index contributed by atoms with van der Waals surface area (Å²) in [7, 11) is 0.553. The van der Waals surface area contributed by atoms with Crippen molar-refractivity contribution in [2.45, 2.75) is 35.4 Å². The minimum Gasteiger partial charge on any atom is -0.457 e. The molecule has 10 heteroatoms. The van der Waals surface area contributed by atoms with Gasteiger partial charge in [-0.2, -0.15) is 0 Å². The molecule has 3 aliphatic heterocycles. The van der Waals surface area contributed by atoms with Gasteiger partial charge in [0.05, 0.1) is 33.0 Å². The molecule has 4 heterocycles. The summed E-state index contributed by atoms with van der Waals surface area (Å²) in [5.41, 5.74) is 2.86. The van der Waals surface area contributed by atoms with Crippen LogP contribution in [0.2, 0.25) is 0 Å². The lowest BCUT2D eigenvalue weighted by Crippen LogP contribution is -2.51. The van der Waals surface area contributed by atoms with E-state index in [1.54, 1.807) is 12.3 Å². The van der Waals surface area contributed by atoms with E-state index in [-0.39, 0.29) is 18.0 Å². The fourth-order valence-corrected chi connectivity index (χ4v) is 7.98. The number of rotatable bonds is 5. The Morgan fingerprint density at radius 3 is 2.71 bits per heavy atom. The first-order chi connectivity index (χ1) is 18.4. The largest absolute Gasteiger partial charge is 0.457 e. The quantitative estimate of drug-likeness (QED) is 0.322. The predicted molar refractivity (Wildman–Crippen MR) is 147 cm³/mol. The second-order valence-electron chi connectivity index (χ2n) is 9.84. The molecule has 1 fully saturated rings. The van der Waals surface area contributed by atoms with Crippen LogP contribution in [0.1, 0.15) is 17.5 Å². The van der Waals surface area contributed by atoms with Crippen molar-refractivity contribution in [2.24, 2.45) is 0 Å². The molecule has 1 unspecified atom stereocenters. The summed E-state index contributed by atoms with van der Waals surface area (Å²) in [6.45, 7) is 3.21. The summed E-state index contributed by atoms with van der Waals surface area (Å²) >= 11 is 0. The number of benzene rings is 2. The molecule has 3 aromatic rings. The normalized spacial score (nSPS) is 23.3. The van der Waals surface area contributed by atoms with Gasteiger partial charge in [0.2, 0.25) is 0 Å². The maximum atomic E-state index is 13.9. The molecule has 38 heavy (non-hydrogen) atoms. The number of nitrogens with one attached hydrogen (secondary N) is 3. The van der Waals surface area contributed by atoms with E-state index in [0.29, 0.717) is 41.5 Å². The Balaban J connectivity index is 1.40. The lowest BCUT2D eigenvalue weighted by atomic mass is 10.0. The molecule has 0 spiro atoms. The third-order valence-electron chi connectivity index (χ3n) is 6.89. The van der Waals surface area contributed by atoms with Crippen LogP contribution in [0.5, 0.6) is 11.5 Å². The number of hydrogen-bond acceptors (Lipinski definition) is 6. The molecule has 1 saturated heterocycles. The zero-order valence-electron chi connectivity index (χ0n) is 21.1. The smallest absolute Gasteiger partial charge is 0.323 e. The fourth-order valence-electron chi connectivity index (χ4n) is 5.36. The van der Waals surface area contributed by atoms with Crippen molar-refractivity contribution in [3.8, 4) is 11.5 Å². The maximum absolute atomic E-state index is 13.9. The van der Waals surface area contributed by atoms with Gasteiger partial charge in [-0.15, -0.1) is 10.9 Å². The summed E-state index contributed by atoms with van der Waals surface area (Å²) in [5, 5.41) is 19.9. The Hall–Kier alpha value is -3.86. The number of ether oxygens (including phenoxy) is 1. The number of urea groups is 1. The number of hydrogen-bond donors (Lipinski definition) is 5. The van der Waals surface area contributed by atoms with Gasteiger partial charge in [0.25, 0.3) is 5.91 Å². The Bertz CT molecular complexity index is 1450. The molecule has 6 rings (SSSR count). The number of aliphatic hydroxyl groups is 1. The standard InChI is InChI=1S/C28H29N5O4S/c1-16-12-20(37-19-6-4-3-5-7-19)8-9-22(16)38-25(26(35)30-17-13-18(34)15-33(2)14-17)24-23-21(31-28(36)32-24)10-11-29-27(23)38/h3-12,17-18,34,38H,13-15H2,1-2H3,(H,30,35)(H2,31,32,36)/t17-,18+/m1/s1. The van der Waals surface area contributed by atoms with E-state index in [9.17, 15) is 14.7 Å². The van der Waals surface area contributed by atoms with Gasteiger partial charge in [-0.05, 0) is 62.4 Å². The molecule has 2 aromatic carbocycles. The fraction of sp³-hybridized carbons (Fsp3) is 0.250. The number of aliphatic hydroxyl groups excluding tert-OH is 1. The van der Waals surface area contributed by atoms with Gasteiger partial charge in [0.1, 0.15) is 11.5 Å². The van der Waals surface area contributed by atoms with Gasteiger partial charge >= 0.3 is 6.03 Å². The molecule has 0 saturated carbocycles. The molecule has 0 radical (unpaired) electrons. The highest BCUT2D eigenvalue weighted by molar-refractivity contribution is 8.21. The van der Waals surface area contributed by atoms with Crippen molar-refractivity contribution in [3.63, 3.8) is 0 Å². The average Bonchev–Trinajstić information content (AvgIpc) is 3.19. The van der Waals surface area contributed by atoms with Gasteiger partial charge < -0.3 is 30.7 Å². The lowest BCUT2D eigenvalue weighted by molar-refractivity contribution is -0.118. The van der Waals surface area contributed by atoms with Gasteiger partial charge in [-0.3, -0.25) is 9.78 Å². The highest BCUT2D eigenvalue weighted by atomic mass is 32.2. The molecule has 196 valence electrons. The predicted octanol–water partition coefficient (Wildman–Crippen LogP) is 3.60. The van der Waals surface area contributed by atoms with Crippen molar-refractivity contribution in [3.05, 3.63) is 76.8 Å². The van der Waals surface area contributed by atoms with E-state index in [4.69, 9.17) is 9.72 Å². The summed E-state index contributed by atoms with van der Waals surface area (Å²) in [5.74, 6) is 1.18. The van der Waals surface area contributed by atoms with Crippen LogP contribution in [-0.2, 0) is 4.79 Å². The second-order valence-corrected chi connectivity index (χ2v) is 11.9. The topological polar surface area (TPSA) is 116 Å². The maximum Gasteiger partial charge on any atom is 0.323 e. The monoisotopic (exact) mass is 531 g/mol. The van der Waals surface area contributed by atoms with Crippen molar-refractivity contribution in [2.75, 3.05) is 25.5 Å². The molecule has 3 atom stereocenters. The highest BCUT2D eigenvalue weighted by Gasteiger charge is 2.41. The van der Waals surface area contributed by atoms with Crippen molar-refractivity contribution in [1.29, 1.82) is 0 Å². The molecule has 0 bridgehead atoms. The number of para-hydroxylation sites is 1. The van der Waals surface area contributed by atoms with Crippen LogP contribution < -0.4 is 20.7 Å². The van der Waals surface area contributed by atoms with Crippen LogP contribution in [0.3, 0.4) is 0 Å². The van der Waals surface area contributed by atoms with Crippen molar-refractivity contribution < 1.29 is 19.4 Å². The van der Waals surface area contributed by atoms with Crippen LogP contribution in [0.15, 0.2) is 75.6 Å². The number of thiol groups is 1. The van der Waals surface area contributed by atoms with E-state index in [1.165, 1.54) is 0 Å². The number of likely N-dealkylation sites (N-methyl/N-ethyl adjacent to an activating group) is 1. The van der Waals surface area contributed by atoms with Crippen LogP contribution >= 0.6 is 10.9 Å². The first-order valence-corrected chi connectivity index (χ1v) is 13.8. The third-order valence-corrected chi connectivity index (χ3v) is 9.51. The van der Waals surface area contributed by atoms with Crippen LogP contribution in [0.4, 0.5) is 10.5 Å². The van der Waals surface area contributed by atoms with Crippen LogP contribution in [-0.4, -0.2) is 59.2 Å². The zero-order chi connectivity index (χ0) is 26.4. The number of aryl methyl sites for hydroxylation is 1. The number of piperidine rings is 1. The number of β-amino-alcohol motifs (C(OH)–C–C–N with tert-alkyl or cyclic N) is 1. The van der Waals surface area contributed by atoms with Gasteiger partial charge in [-0.1, -0.05) is 18.2 Å². The molecule has 1 aromatic heterocycles. The summed E-state index contributed by atoms with van der Waals surface area (Å²) in [6, 6.07) is 16.6. The average molecular weight is 532 g/mol. The number of carbonyl (C=O) groups is 2. The molecule has 9 nitrogen and oxygen atoms in total. The third kappa shape index (κ3) is 4.51. The van der Waals surface area contributed by atoms with E-state index in [2.05, 4.69) is 16.0 Å². The van der Waals surface area contributed by atoms with E-state index in [0.717, 1.165) is 26.8 Å². The molecular weight excluding hydrogens is 502 g/mol. The summed E-state index contributed by atoms with van der Waals surface area (Å²) in [6.07, 6.45) is 1.64. The Morgan fingerprint density at radius 2 is 1.95 bits per heavy atom.